The predicted octanol–water partition coefficient (Wildman–Crippen LogP) is 9.01. The predicted molar refractivity (Wildman–Crippen MR) is 157 cm³/mol. The van der Waals surface area contributed by atoms with Gasteiger partial charge in [-0.3, -0.25) is 4.98 Å². The van der Waals surface area contributed by atoms with Crippen LogP contribution in [0.15, 0.2) is 96.6 Å². The van der Waals surface area contributed by atoms with Crippen LogP contribution in [0.2, 0.25) is 0 Å². The van der Waals surface area contributed by atoms with E-state index in [0.717, 1.165) is 33.2 Å². The number of thiophene rings is 1. The minimum Gasteiger partial charge on any atom is -0.319 e. The molecule has 38 heavy (non-hydrogen) atoms. The van der Waals surface area contributed by atoms with E-state index in [1.807, 2.05) is 41.9 Å². The fourth-order valence-electron chi connectivity index (χ4n) is 3.77. The van der Waals surface area contributed by atoms with Crippen LogP contribution in [0.4, 0.5) is 0 Å². The Kier molecular flexibility index (Phi) is 9.89. The monoisotopic (exact) mass is 697 g/mol. The second-order valence-corrected chi connectivity index (χ2v) is 11.9. The molecule has 4 heterocycles. The summed E-state index contributed by atoms with van der Waals surface area (Å²) in [5.74, 6) is 0. The molecule has 0 atom stereocenters. The Morgan fingerprint density at radius 1 is 0.632 bits per heavy atom. The van der Waals surface area contributed by atoms with Crippen LogP contribution in [0.3, 0.4) is 0 Å². The molecule has 0 aliphatic heterocycles. The fourth-order valence-corrected chi connectivity index (χ4v) is 4.42. The van der Waals surface area contributed by atoms with Crippen molar-refractivity contribution in [1.82, 2.24) is 15.0 Å². The normalized spacial score (nSPS) is 11.2. The van der Waals surface area contributed by atoms with Gasteiger partial charge in [0.05, 0.1) is 17.1 Å². The van der Waals surface area contributed by atoms with Crippen LogP contribution in [-0.2, 0) is 30.9 Å². The number of nitrogens with zero attached hydrogens (tertiary/aromatic N) is 3. The van der Waals surface area contributed by atoms with Crippen molar-refractivity contribution in [3.63, 3.8) is 0 Å². The molecule has 5 heteroatoms. The van der Waals surface area contributed by atoms with Crippen molar-refractivity contribution in [3.8, 4) is 33.2 Å². The molecule has 197 valence electrons. The fraction of sp³-hybridized carbons (Fsp3) is 0.242. The van der Waals surface area contributed by atoms with Crippen molar-refractivity contribution in [2.24, 2.45) is 0 Å². The smallest absolute Gasteiger partial charge is 0.0896 e. The molecule has 0 aliphatic rings. The van der Waals surface area contributed by atoms with Crippen LogP contribution in [0.25, 0.3) is 33.2 Å². The average Bonchev–Trinajstić information content (AvgIpc) is 3.44. The van der Waals surface area contributed by atoms with Gasteiger partial charge in [-0.2, -0.15) is 12.1 Å². The molecule has 0 amide bonds. The van der Waals surface area contributed by atoms with Crippen LogP contribution in [0.5, 0.6) is 0 Å². The van der Waals surface area contributed by atoms with Gasteiger partial charge in [0.2, 0.25) is 0 Å². The van der Waals surface area contributed by atoms with Crippen LogP contribution >= 0.6 is 11.3 Å². The molecule has 3 nitrogen and oxygen atoms in total. The molecule has 0 unspecified atom stereocenters. The van der Waals surface area contributed by atoms with E-state index in [1.165, 1.54) is 11.1 Å². The van der Waals surface area contributed by atoms with E-state index in [9.17, 15) is 0 Å². The van der Waals surface area contributed by atoms with E-state index >= 15 is 0 Å². The molecule has 0 spiro atoms. The maximum Gasteiger partial charge on any atom is 0.0896 e. The third-order valence-electron chi connectivity index (χ3n) is 6.02. The Balaban J connectivity index is 0.000000278. The van der Waals surface area contributed by atoms with Gasteiger partial charge >= 0.3 is 0 Å². The summed E-state index contributed by atoms with van der Waals surface area (Å²) in [7, 11) is 0. The first-order chi connectivity index (χ1) is 17.6. The van der Waals surface area contributed by atoms with Crippen LogP contribution in [0, 0.1) is 6.07 Å². The van der Waals surface area contributed by atoms with E-state index in [-0.39, 0.29) is 30.9 Å². The molecule has 5 aromatic rings. The van der Waals surface area contributed by atoms with E-state index in [4.69, 9.17) is 4.98 Å². The Morgan fingerprint density at radius 3 is 1.87 bits per heavy atom. The minimum atomic E-state index is 0. The molecule has 1 radical (unpaired) electrons. The molecular weight excluding hydrogens is 663 g/mol. The van der Waals surface area contributed by atoms with E-state index < -0.39 is 0 Å². The van der Waals surface area contributed by atoms with Gasteiger partial charge in [0.25, 0.3) is 0 Å². The van der Waals surface area contributed by atoms with Gasteiger partial charge in [0, 0.05) is 38.1 Å². The number of benzene rings is 1. The largest absolute Gasteiger partial charge is 0.319 e. The summed E-state index contributed by atoms with van der Waals surface area (Å²) >= 11 is 1.66. The maximum absolute atomic E-state index is 4.95. The first-order valence-electron chi connectivity index (χ1n) is 12.5. The van der Waals surface area contributed by atoms with Crippen LogP contribution < -0.4 is 0 Å². The van der Waals surface area contributed by atoms with Gasteiger partial charge in [0.1, 0.15) is 0 Å². The van der Waals surface area contributed by atoms with Gasteiger partial charge in [-0.15, -0.1) is 5.38 Å². The zero-order chi connectivity index (χ0) is 26.5. The van der Waals surface area contributed by atoms with Crippen molar-refractivity contribution in [3.05, 3.63) is 114 Å². The van der Waals surface area contributed by atoms with Gasteiger partial charge in [-0.05, 0) is 58.0 Å². The summed E-state index contributed by atoms with van der Waals surface area (Å²) in [5.41, 5.74) is 7.66. The molecule has 0 saturated carbocycles. The number of hydrogen-bond acceptors (Lipinski definition) is 4. The van der Waals surface area contributed by atoms with Gasteiger partial charge in [0.15, 0.2) is 0 Å². The van der Waals surface area contributed by atoms with Crippen molar-refractivity contribution >= 4 is 11.3 Å². The van der Waals surface area contributed by atoms with Crippen LogP contribution in [-0.4, -0.2) is 15.0 Å². The zero-order valence-electron chi connectivity index (χ0n) is 22.8. The summed E-state index contributed by atoms with van der Waals surface area (Å²) in [6.45, 7) is 13.4. The van der Waals surface area contributed by atoms with E-state index in [2.05, 4.69) is 106 Å². The summed E-state index contributed by atoms with van der Waals surface area (Å²) in [5, 5.41) is 2.00. The Labute approximate surface area is 244 Å². The number of hydrogen-bond donors (Lipinski definition) is 0. The van der Waals surface area contributed by atoms with Gasteiger partial charge in [-0.1, -0.05) is 88.9 Å². The summed E-state index contributed by atoms with van der Waals surface area (Å²) in [6, 6.07) is 29.9. The second-order valence-electron chi connectivity index (χ2n) is 11.0. The molecule has 0 fully saturated rings. The summed E-state index contributed by atoms with van der Waals surface area (Å²) in [6.07, 6.45) is 3.69. The Hall–Kier alpha value is -2.98. The molecule has 0 saturated heterocycles. The zero-order valence-corrected chi connectivity index (χ0v) is 26.0. The minimum absolute atomic E-state index is 0. The van der Waals surface area contributed by atoms with Crippen molar-refractivity contribution in [2.75, 3.05) is 0 Å². The molecule has 0 aliphatic carbocycles. The van der Waals surface area contributed by atoms with Gasteiger partial charge in [-0.25, -0.2) is 16.3 Å². The number of aromatic nitrogens is 3. The van der Waals surface area contributed by atoms with Crippen molar-refractivity contribution in [1.29, 1.82) is 0 Å². The summed E-state index contributed by atoms with van der Waals surface area (Å²) in [4.78, 5) is 14.9. The number of pyridine rings is 3. The first-order valence-corrected chi connectivity index (χ1v) is 13.4. The summed E-state index contributed by atoms with van der Waals surface area (Å²) < 4.78 is 0. The standard InChI is InChI=1S/C24H28N2.C9H6NS.Ir/c1-23(2,3)18-12-13-25-21(14-18)22-16-19(24(4,5)6)15-20(26-22)17-10-8-7-9-11-17;1-2-6-10-8(4-1)9-5-3-7-11-9;/h7-16H,1-6H3;1-4,6-7H;/q;-1;. The number of rotatable bonds is 3. The Morgan fingerprint density at radius 2 is 1.26 bits per heavy atom. The van der Waals surface area contributed by atoms with Crippen LogP contribution in [0.1, 0.15) is 52.7 Å². The average molecular weight is 697 g/mol. The van der Waals surface area contributed by atoms with E-state index in [1.54, 1.807) is 17.5 Å². The second kappa shape index (κ2) is 12.7. The maximum atomic E-state index is 4.95. The Bertz CT molecular complexity index is 1420. The third-order valence-corrected chi connectivity index (χ3v) is 6.85. The topological polar surface area (TPSA) is 38.7 Å². The third kappa shape index (κ3) is 7.77. The van der Waals surface area contributed by atoms with Crippen molar-refractivity contribution in [2.45, 2.75) is 52.4 Å². The van der Waals surface area contributed by atoms with Crippen molar-refractivity contribution < 1.29 is 20.1 Å². The first kappa shape index (κ1) is 29.6. The van der Waals surface area contributed by atoms with E-state index in [0.29, 0.717) is 0 Å². The molecule has 5 rings (SSSR count). The SMILES string of the molecule is CC(C)(C)c1ccnc(-c2cc(C(C)(C)C)cc(-c3ccccc3)n2)c1.[Ir].[c-]1ccsc1-c1ccccn1. The molecule has 4 aromatic heterocycles. The molecule has 0 bridgehead atoms. The molecule has 0 N–H and O–H groups in total. The molecule has 1 aromatic carbocycles. The van der Waals surface area contributed by atoms with Gasteiger partial charge < -0.3 is 4.98 Å². The molecular formula is C33H34IrN3S-. The quantitative estimate of drug-likeness (QED) is 0.177.